The van der Waals surface area contributed by atoms with Crippen LogP contribution in [-0.4, -0.2) is 29.4 Å². The van der Waals surface area contributed by atoms with Gasteiger partial charge in [0.1, 0.15) is 19.0 Å². The van der Waals surface area contributed by atoms with Gasteiger partial charge in [-0.25, -0.2) is 8.91 Å². The Hall–Kier alpha value is -2.76. The predicted molar refractivity (Wildman–Crippen MR) is 96.6 cm³/mol. The van der Waals surface area contributed by atoms with Crippen molar-refractivity contribution < 1.29 is 13.9 Å². The van der Waals surface area contributed by atoms with Crippen LogP contribution in [0.4, 0.5) is 10.1 Å². The number of aromatic nitrogens is 2. The average molecular weight is 353 g/mol. The highest BCUT2D eigenvalue weighted by Crippen LogP contribution is 2.45. The number of hydrogen-bond acceptors (Lipinski definition) is 4. The first-order valence-corrected chi connectivity index (χ1v) is 9.00. The highest BCUT2D eigenvalue weighted by molar-refractivity contribution is 5.64. The second kappa shape index (κ2) is 5.90. The highest BCUT2D eigenvalue weighted by Gasteiger charge is 2.32. The number of benzene rings is 1. The molecule has 5 rings (SSSR count). The normalized spacial score (nSPS) is 19.3. The zero-order valence-corrected chi connectivity index (χ0v) is 14.6. The maximum absolute atomic E-state index is 14.2. The van der Waals surface area contributed by atoms with Crippen LogP contribution in [-0.2, 0) is 0 Å². The Labute approximate surface area is 150 Å². The van der Waals surface area contributed by atoms with E-state index in [4.69, 9.17) is 9.47 Å². The van der Waals surface area contributed by atoms with Gasteiger partial charge < -0.3 is 14.4 Å². The van der Waals surface area contributed by atoms with Crippen LogP contribution in [0.2, 0.25) is 0 Å². The van der Waals surface area contributed by atoms with Gasteiger partial charge in [-0.05, 0) is 43.5 Å². The van der Waals surface area contributed by atoms with Gasteiger partial charge in [-0.2, -0.15) is 5.10 Å². The Bertz CT molecular complexity index is 985. The van der Waals surface area contributed by atoms with E-state index in [1.807, 2.05) is 16.9 Å². The molecule has 1 fully saturated rings. The van der Waals surface area contributed by atoms with Crippen molar-refractivity contribution in [2.75, 3.05) is 24.7 Å². The summed E-state index contributed by atoms with van der Waals surface area (Å²) in [6.07, 6.45) is 5.87. The van der Waals surface area contributed by atoms with Crippen LogP contribution in [0, 0.1) is 12.7 Å². The number of fused-ring (bicyclic) bond motifs is 2. The van der Waals surface area contributed by atoms with Gasteiger partial charge >= 0.3 is 0 Å². The van der Waals surface area contributed by atoms with E-state index in [0.29, 0.717) is 24.7 Å². The predicted octanol–water partition coefficient (Wildman–Crippen LogP) is 3.89. The minimum atomic E-state index is -0.279. The molecule has 0 spiro atoms. The molecule has 5 nitrogen and oxygen atoms in total. The summed E-state index contributed by atoms with van der Waals surface area (Å²) in [5.74, 6) is 0.925. The minimum absolute atomic E-state index is 0.0758. The van der Waals surface area contributed by atoms with Crippen molar-refractivity contribution >= 4 is 11.2 Å². The van der Waals surface area contributed by atoms with E-state index in [9.17, 15) is 4.39 Å². The van der Waals surface area contributed by atoms with Crippen LogP contribution in [0.5, 0.6) is 11.5 Å². The smallest absolute Gasteiger partial charge is 0.166 e. The van der Waals surface area contributed by atoms with Crippen LogP contribution in [0.3, 0.4) is 0 Å². The molecule has 134 valence electrons. The molecule has 0 saturated carbocycles. The van der Waals surface area contributed by atoms with Gasteiger partial charge in [0.25, 0.3) is 0 Å². The Morgan fingerprint density at radius 3 is 3.00 bits per heavy atom. The second-order valence-electron chi connectivity index (χ2n) is 6.91. The Balaban J connectivity index is 1.58. The van der Waals surface area contributed by atoms with Crippen molar-refractivity contribution in [2.24, 2.45) is 0 Å². The van der Waals surface area contributed by atoms with Gasteiger partial charge in [0, 0.05) is 30.1 Å². The lowest BCUT2D eigenvalue weighted by atomic mass is 10.0. The molecule has 0 bridgehead atoms. The quantitative estimate of drug-likeness (QED) is 0.701. The third kappa shape index (κ3) is 2.40. The number of nitrogens with zero attached hydrogens (tertiary/aromatic N) is 3. The van der Waals surface area contributed by atoms with Gasteiger partial charge in [0.15, 0.2) is 11.5 Å². The summed E-state index contributed by atoms with van der Waals surface area (Å²) in [5, 5.41) is 4.34. The summed E-state index contributed by atoms with van der Waals surface area (Å²) >= 11 is 0. The van der Waals surface area contributed by atoms with E-state index in [-0.39, 0.29) is 11.9 Å². The van der Waals surface area contributed by atoms with Gasteiger partial charge in [-0.1, -0.05) is 0 Å². The summed E-state index contributed by atoms with van der Waals surface area (Å²) in [6.45, 7) is 3.95. The number of rotatable bonds is 2. The number of pyridine rings is 1. The van der Waals surface area contributed by atoms with E-state index < -0.39 is 0 Å². The Kier molecular flexibility index (Phi) is 3.51. The topological polar surface area (TPSA) is 39.0 Å². The van der Waals surface area contributed by atoms with Crippen LogP contribution in [0.25, 0.3) is 5.52 Å². The number of hydrogen-bond donors (Lipinski definition) is 0. The molecule has 26 heavy (non-hydrogen) atoms. The number of ether oxygens (including phenoxy) is 2. The molecule has 0 aliphatic carbocycles. The van der Waals surface area contributed by atoms with Gasteiger partial charge in [-0.3, -0.25) is 0 Å². The van der Waals surface area contributed by atoms with E-state index in [0.717, 1.165) is 41.7 Å². The van der Waals surface area contributed by atoms with Gasteiger partial charge in [-0.15, -0.1) is 0 Å². The molecule has 4 heterocycles. The maximum atomic E-state index is 14.2. The lowest BCUT2D eigenvalue weighted by molar-refractivity contribution is 0.168. The molecule has 0 amide bonds. The molecule has 1 saturated heterocycles. The molecule has 3 aromatic rings. The first-order valence-electron chi connectivity index (χ1n) is 9.00. The van der Waals surface area contributed by atoms with Gasteiger partial charge in [0.05, 0.1) is 17.8 Å². The summed E-state index contributed by atoms with van der Waals surface area (Å²) in [6, 6.07) is 7.31. The molecule has 0 radical (unpaired) electrons. The molecule has 2 aliphatic heterocycles. The fraction of sp³-hybridized carbons (Fsp3) is 0.350. The number of aryl methyl sites for hydroxylation is 1. The summed E-state index contributed by atoms with van der Waals surface area (Å²) < 4.78 is 27.5. The molecule has 0 N–H and O–H groups in total. The first kappa shape index (κ1) is 15.5. The largest absolute Gasteiger partial charge is 0.486 e. The van der Waals surface area contributed by atoms with Crippen LogP contribution in [0.15, 0.2) is 36.7 Å². The third-order valence-corrected chi connectivity index (χ3v) is 5.28. The van der Waals surface area contributed by atoms with Crippen molar-refractivity contribution in [1.29, 1.82) is 0 Å². The van der Waals surface area contributed by atoms with Crippen molar-refractivity contribution in [2.45, 2.75) is 25.8 Å². The van der Waals surface area contributed by atoms with Crippen molar-refractivity contribution in [3.63, 3.8) is 0 Å². The first-order chi connectivity index (χ1) is 12.7. The van der Waals surface area contributed by atoms with E-state index in [2.05, 4.69) is 29.1 Å². The van der Waals surface area contributed by atoms with Crippen LogP contribution < -0.4 is 14.4 Å². The lowest BCUT2D eigenvalue weighted by Crippen LogP contribution is -2.25. The SMILES string of the molecule is Cc1cnn2ccc(N3CCCC3c3cc(F)cc4c3OCCO4)cc12. The fourth-order valence-electron chi connectivity index (χ4n) is 4.06. The third-order valence-electron chi connectivity index (χ3n) is 5.28. The zero-order chi connectivity index (χ0) is 17.7. The maximum Gasteiger partial charge on any atom is 0.166 e. The van der Waals surface area contributed by atoms with Crippen molar-refractivity contribution in [3.05, 3.63) is 53.6 Å². The van der Waals surface area contributed by atoms with E-state index in [1.54, 1.807) is 6.07 Å². The van der Waals surface area contributed by atoms with E-state index in [1.165, 1.54) is 6.07 Å². The molecule has 1 unspecified atom stereocenters. The molecule has 2 aliphatic rings. The molecular formula is C20H20FN3O2. The Morgan fingerprint density at radius 2 is 2.08 bits per heavy atom. The summed E-state index contributed by atoms with van der Waals surface area (Å²) in [5.41, 5.74) is 4.23. The van der Waals surface area contributed by atoms with Gasteiger partial charge in [0.2, 0.25) is 0 Å². The van der Waals surface area contributed by atoms with Crippen LogP contribution in [0.1, 0.15) is 30.0 Å². The molecule has 1 aromatic carbocycles. The van der Waals surface area contributed by atoms with Crippen molar-refractivity contribution in [3.8, 4) is 11.5 Å². The molecule has 2 aromatic heterocycles. The standard InChI is InChI=1S/C20H20FN3O2/c1-13-12-22-24-6-4-15(11-18(13)24)23-5-2-3-17(23)16-9-14(21)10-19-20(16)26-8-7-25-19/h4,6,9-12,17H,2-3,5,7-8H2,1H3. The minimum Gasteiger partial charge on any atom is -0.486 e. The zero-order valence-electron chi connectivity index (χ0n) is 14.6. The Morgan fingerprint density at radius 1 is 1.19 bits per heavy atom. The number of anilines is 1. The fourth-order valence-corrected chi connectivity index (χ4v) is 4.06. The average Bonchev–Trinajstić information content (AvgIpc) is 3.28. The van der Waals surface area contributed by atoms with Crippen LogP contribution >= 0.6 is 0 Å². The molecule has 6 heteroatoms. The molecule has 1 atom stereocenters. The van der Waals surface area contributed by atoms with E-state index >= 15 is 0 Å². The highest BCUT2D eigenvalue weighted by atomic mass is 19.1. The molecular weight excluding hydrogens is 333 g/mol. The second-order valence-corrected chi connectivity index (χ2v) is 6.91. The summed E-state index contributed by atoms with van der Waals surface area (Å²) in [7, 11) is 0. The summed E-state index contributed by atoms with van der Waals surface area (Å²) in [4.78, 5) is 2.33. The monoisotopic (exact) mass is 353 g/mol. The number of halogens is 1. The lowest BCUT2D eigenvalue weighted by Gasteiger charge is -2.30. The van der Waals surface area contributed by atoms with Crippen molar-refractivity contribution in [1.82, 2.24) is 9.61 Å².